The van der Waals surface area contributed by atoms with Crippen LogP contribution >= 0.6 is 0 Å². The second kappa shape index (κ2) is 5.35. The molecule has 0 aromatic heterocycles. The maximum Gasteiger partial charge on any atom is 0.00683 e. The van der Waals surface area contributed by atoms with Crippen molar-refractivity contribution < 1.29 is 0 Å². The largest absolute Gasteiger partial charge is 0.314 e. The van der Waals surface area contributed by atoms with Crippen LogP contribution in [0.2, 0.25) is 0 Å². The number of nitrogens with one attached hydrogen (secondary N) is 1. The normalized spacial score (nSPS) is 22.7. The van der Waals surface area contributed by atoms with Crippen LogP contribution < -0.4 is 5.32 Å². The lowest BCUT2D eigenvalue weighted by Crippen LogP contribution is -2.16. The molecule has 1 heteroatoms. The van der Waals surface area contributed by atoms with Gasteiger partial charge in [0.25, 0.3) is 0 Å². The lowest BCUT2D eigenvalue weighted by Gasteiger charge is -2.07. The van der Waals surface area contributed by atoms with Gasteiger partial charge in [0.1, 0.15) is 0 Å². The fraction of sp³-hybridized carbons (Fsp3) is 0.692. The van der Waals surface area contributed by atoms with Gasteiger partial charge in [0.15, 0.2) is 0 Å². The molecule has 0 unspecified atom stereocenters. The summed E-state index contributed by atoms with van der Waals surface area (Å²) in [6, 6.07) is 0.859. The van der Waals surface area contributed by atoms with E-state index >= 15 is 0 Å². The summed E-state index contributed by atoms with van der Waals surface area (Å²) < 4.78 is 0. The average Bonchev–Trinajstić information content (AvgIpc) is 3.03. The van der Waals surface area contributed by atoms with Crippen LogP contribution in [0.3, 0.4) is 0 Å². The molecule has 78 valence electrons. The van der Waals surface area contributed by atoms with E-state index in [2.05, 4.69) is 23.5 Å². The Balaban J connectivity index is 1.58. The summed E-state index contributed by atoms with van der Waals surface area (Å²) in [5, 5.41) is 3.52. The maximum atomic E-state index is 3.52. The summed E-state index contributed by atoms with van der Waals surface area (Å²) in [5.74, 6) is 0. The van der Waals surface area contributed by atoms with E-state index in [4.69, 9.17) is 0 Å². The van der Waals surface area contributed by atoms with Gasteiger partial charge in [-0.25, -0.2) is 0 Å². The Hall–Kier alpha value is -0.560. The van der Waals surface area contributed by atoms with Crippen LogP contribution in [0.1, 0.15) is 44.9 Å². The molecular formula is C13H21N. The number of hydrogen-bond donors (Lipinski definition) is 1. The first-order valence-electron chi connectivity index (χ1n) is 6.04. The summed E-state index contributed by atoms with van der Waals surface area (Å²) in [5.41, 5.74) is 1.56. The second-order valence-electron chi connectivity index (χ2n) is 4.44. The van der Waals surface area contributed by atoms with Crippen molar-refractivity contribution in [1.82, 2.24) is 5.32 Å². The van der Waals surface area contributed by atoms with Crippen LogP contribution in [-0.2, 0) is 0 Å². The van der Waals surface area contributed by atoms with Crippen molar-refractivity contribution in [1.29, 1.82) is 0 Å². The van der Waals surface area contributed by atoms with Gasteiger partial charge in [-0.05, 0) is 51.5 Å². The SMILES string of the molecule is C1=C(/C=C/CCNC2CC2)CCCC1. The van der Waals surface area contributed by atoms with E-state index in [0.717, 1.165) is 12.6 Å². The molecule has 0 radical (unpaired) electrons. The van der Waals surface area contributed by atoms with Crippen molar-refractivity contribution in [3.63, 3.8) is 0 Å². The smallest absolute Gasteiger partial charge is 0.00683 e. The van der Waals surface area contributed by atoms with Gasteiger partial charge in [-0.15, -0.1) is 0 Å². The molecular weight excluding hydrogens is 170 g/mol. The fourth-order valence-corrected chi connectivity index (χ4v) is 1.91. The first-order valence-corrected chi connectivity index (χ1v) is 6.04. The molecule has 0 aliphatic heterocycles. The summed E-state index contributed by atoms with van der Waals surface area (Å²) in [6.45, 7) is 1.16. The molecule has 1 fully saturated rings. The van der Waals surface area contributed by atoms with Crippen molar-refractivity contribution in [2.45, 2.75) is 51.0 Å². The van der Waals surface area contributed by atoms with Gasteiger partial charge in [0, 0.05) is 6.04 Å². The maximum absolute atomic E-state index is 3.52. The Morgan fingerprint density at radius 3 is 3.00 bits per heavy atom. The molecule has 0 amide bonds. The van der Waals surface area contributed by atoms with E-state index in [9.17, 15) is 0 Å². The Morgan fingerprint density at radius 2 is 2.29 bits per heavy atom. The van der Waals surface area contributed by atoms with E-state index in [0.29, 0.717) is 0 Å². The number of allylic oxidation sites excluding steroid dienone is 3. The molecule has 0 atom stereocenters. The Morgan fingerprint density at radius 1 is 1.36 bits per heavy atom. The zero-order valence-electron chi connectivity index (χ0n) is 8.97. The molecule has 2 aliphatic rings. The van der Waals surface area contributed by atoms with Crippen LogP contribution in [0.15, 0.2) is 23.8 Å². The fourth-order valence-electron chi connectivity index (χ4n) is 1.91. The van der Waals surface area contributed by atoms with Gasteiger partial charge in [-0.3, -0.25) is 0 Å². The third-order valence-electron chi connectivity index (χ3n) is 2.98. The minimum atomic E-state index is 0.859. The lowest BCUT2D eigenvalue weighted by atomic mass is 9.99. The van der Waals surface area contributed by atoms with Crippen LogP contribution in [0.4, 0.5) is 0 Å². The third-order valence-corrected chi connectivity index (χ3v) is 2.98. The third kappa shape index (κ3) is 3.67. The minimum absolute atomic E-state index is 0.859. The predicted octanol–water partition coefficient (Wildman–Crippen LogP) is 3.19. The van der Waals surface area contributed by atoms with E-state index < -0.39 is 0 Å². The molecule has 0 aromatic carbocycles. The number of hydrogen-bond acceptors (Lipinski definition) is 1. The summed E-state index contributed by atoms with van der Waals surface area (Å²) in [6.07, 6.45) is 16.4. The summed E-state index contributed by atoms with van der Waals surface area (Å²) in [4.78, 5) is 0. The van der Waals surface area contributed by atoms with Gasteiger partial charge >= 0.3 is 0 Å². The molecule has 0 spiro atoms. The summed E-state index contributed by atoms with van der Waals surface area (Å²) >= 11 is 0. The van der Waals surface area contributed by atoms with E-state index in [1.54, 1.807) is 5.57 Å². The monoisotopic (exact) mass is 191 g/mol. The molecule has 0 bridgehead atoms. The highest BCUT2D eigenvalue weighted by atomic mass is 14.9. The zero-order chi connectivity index (χ0) is 9.64. The van der Waals surface area contributed by atoms with Gasteiger partial charge in [0.2, 0.25) is 0 Å². The van der Waals surface area contributed by atoms with Gasteiger partial charge in [-0.1, -0.05) is 23.8 Å². The average molecular weight is 191 g/mol. The van der Waals surface area contributed by atoms with Crippen molar-refractivity contribution in [3.8, 4) is 0 Å². The Bertz CT molecular complexity index is 223. The van der Waals surface area contributed by atoms with Gasteiger partial charge in [0.05, 0.1) is 0 Å². The standard InChI is InChI=1S/C13H21N/c1-2-6-12(7-3-1)8-4-5-11-14-13-9-10-13/h4,6,8,13-14H,1-3,5,7,9-11H2/b8-4+. The van der Waals surface area contributed by atoms with Crippen LogP contribution in [0.5, 0.6) is 0 Å². The molecule has 1 N–H and O–H groups in total. The highest BCUT2D eigenvalue weighted by Crippen LogP contribution is 2.19. The van der Waals surface area contributed by atoms with E-state index in [1.165, 1.54) is 44.9 Å². The first kappa shape index (κ1) is 9.97. The quantitative estimate of drug-likeness (QED) is 0.658. The van der Waals surface area contributed by atoms with Gasteiger partial charge in [-0.2, -0.15) is 0 Å². The molecule has 14 heavy (non-hydrogen) atoms. The van der Waals surface area contributed by atoms with Crippen molar-refractivity contribution in [3.05, 3.63) is 23.8 Å². The van der Waals surface area contributed by atoms with Crippen LogP contribution in [0.25, 0.3) is 0 Å². The molecule has 2 rings (SSSR count). The topological polar surface area (TPSA) is 12.0 Å². The van der Waals surface area contributed by atoms with E-state index in [1.807, 2.05) is 0 Å². The van der Waals surface area contributed by atoms with E-state index in [-0.39, 0.29) is 0 Å². The predicted molar refractivity (Wildman–Crippen MR) is 61.3 cm³/mol. The highest BCUT2D eigenvalue weighted by molar-refractivity contribution is 5.20. The first-order chi connectivity index (χ1) is 6.95. The molecule has 0 aromatic rings. The number of rotatable bonds is 5. The van der Waals surface area contributed by atoms with Crippen LogP contribution in [-0.4, -0.2) is 12.6 Å². The lowest BCUT2D eigenvalue weighted by molar-refractivity contribution is 0.688. The second-order valence-corrected chi connectivity index (χ2v) is 4.44. The highest BCUT2D eigenvalue weighted by Gasteiger charge is 2.19. The molecule has 1 nitrogen and oxygen atoms in total. The minimum Gasteiger partial charge on any atom is -0.314 e. The van der Waals surface area contributed by atoms with Crippen molar-refractivity contribution >= 4 is 0 Å². The van der Waals surface area contributed by atoms with Crippen LogP contribution in [0, 0.1) is 0 Å². The van der Waals surface area contributed by atoms with Gasteiger partial charge < -0.3 is 5.32 Å². The Kier molecular flexibility index (Phi) is 3.81. The Labute approximate surface area is 87.3 Å². The molecule has 0 saturated heterocycles. The van der Waals surface area contributed by atoms with Crippen molar-refractivity contribution in [2.24, 2.45) is 0 Å². The molecule has 0 heterocycles. The molecule has 2 aliphatic carbocycles. The van der Waals surface area contributed by atoms with Crippen molar-refractivity contribution in [2.75, 3.05) is 6.54 Å². The summed E-state index contributed by atoms with van der Waals surface area (Å²) in [7, 11) is 0. The zero-order valence-corrected chi connectivity index (χ0v) is 8.97. The molecule has 1 saturated carbocycles.